The zero-order valence-electron chi connectivity index (χ0n) is 24.7. The van der Waals surface area contributed by atoms with E-state index in [4.69, 9.17) is 27.9 Å². The summed E-state index contributed by atoms with van der Waals surface area (Å²) in [6, 6.07) is 16.0. The van der Waals surface area contributed by atoms with E-state index >= 15 is 0 Å². The highest BCUT2D eigenvalue weighted by Gasteiger charge is 2.34. The van der Waals surface area contributed by atoms with Gasteiger partial charge in [-0.05, 0) is 42.7 Å². The number of anilines is 1. The number of sulfonamides is 1. The highest BCUT2D eigenvalue weighted by molar-refractivity contribution is 7.92. The SMILES string of the molecule is CC[C@@H](C)NC(=O)[C@H](Cc1ccccc1)N(Cc1ccc(Cl)c(Cl)c1)C(=O)CN(c1cc([N+](=O)[O-])ccc1OC)S(C)(=O)=O. The van der Waals surface area contributed by atoms with E-state index in [0.717, 1.165) is 28.3 Å². The molecule has 0 spiro atoms. The maximum atomic E-state index is 14.2. The van der Waals surface area contributed by atoms with Crippen molar-refractivity contribution in [2.75, 3.05) is 24.2 Å². The molecule has 236 valence electrons. The first-order chi connectivity index (χ1) is 20.7. The monoisotopic (exact) mass is 664 g/mol. The number of nitrogens with one attached hydrogen (secondary N) is 1. The number of benzene rings is 3. The highest BCUT2D eigenvalue weighted by atomic mass is 35.5. The second-order valence-corrected chi connectivity index (χ2v) is 12.9. The molecular formula is C30H34Cl2N4O7S. The predicted molar refractivity (Wildman–Crippen MR) is 171 cm³/mol. The Kier molecular flexibility index (Phi) is 12.0. The topological polar surface area (TPSA) is 139 Å². The Hall–Kier alpha value is -3.87. The van der Waals surface area contributed by atoms with Gasteiger partial charge in [0.15, 0.2) is 0 Å². The van der Waals surface area contributed by atoms with Crippen LogP contribution in [0.5, 0.6) is 5.75 Å². The van der Waals surface area contributed by atoms with Crippen LogP contribution in [0.25, 0.3) is 0 Å². The summed E-state index contributed by atoms with van der Waals surface area (Å²) in [6.45, 7) is 2.85. The molecule has 0 aliphatic rings. The maximum absolute atomic E-state index is 14.2. The first-order valence-electron chi connectivity index (χ1n) is 13.6. The van der Waals surface area contributed by atoms with Gasteiger partial charge >= 0.3 is 0 Å². The van der Waals surface area contributed by atoms with E-state index in [1.807, 2.05) is 44.2 Å². The van der Waals surface area contributed by atoms with Crippen molar-refractivity contribution in [3.8, 4) is 5.75 Å². The number of amides is 2. The van der Waals surface area contributed by atoms with E-state index in [0.29, 0.717) is 17.0 Å². The number of hydrogen-bond acceptors (Lipinski definition) is 7. The molecule has 11 nitrogen and oxygen atoms in total. The minimum atomic E-state index is -4.19. The van der Waals surface area contributed by atoms with E-state index in [9.17, 15) is 28.1 Å². The quantitative estimate of drug-likeness (QED) is 0.184. The van der Waals surface area contributed by atoms with Crippen LogP contribution in [0.4, 0.5) is 11.4 Å². The van der Waals surface area contributed by atoms with Gasteiger partial charge in [0.2, 0.25) is 21.8 Å². The van der Waals surface area contributed by atoms with Crippen LogP contribution >= 0.6 is 23.2 Å². The molecule has 2 atom stereocenters. The van der Waals surface area contributed by atoms with Crippen LogP contribution in [-0.4, -0.2) is 62.0 Å². The molecule has 0 aromatic heterocycles. The summed E-state index contributed by atoms with van der Waals surface area (Å²) in [7, 11) is -2.91. The molecule has 0 radical (unpaired) electrons. The van der Waals surface area contributed by atoms with Crippen LogP contribution in [0.2, 0.25) is 10.0 Å². The third kappa shape index (κ3) is 9.07. The van der Waals surface area contributed by atoms with Crippen LogP contribution < -0.4 is 14.4 Å². The van der Waals surface area contributed by atoms with Crippen molar-refractivity contribution in [2.45, 2.75) is 45.3 Å². The van der Waals surface area contributed by atoms with Gasteiger partial charge in [0.25, 0.3) is 5.69 Å². The fraction of sp³-hybridized carbons (Fsp3) is 0.333. The molecule has 0 unspecified atom stereocenters. The first kappa shape index (κ1) is 34.6. The minimum absolute atomic E-state index is 0.000192. The van der Waals surface area contributed by atoms with Gasteiger partial charge in [0.05, 0.1) is 28.3 Å². The molecular weight excluding hydrogens is 631 g/mol. The molecule has 1 N–H and O–H groups in total. The fourth-order valence-corrected chi connectivity index (χ4v) is 5.58. The third-order valence-corrected chi connectivity index (χ3v) is 8.80. The number of halogens is 2. The Morgan fingerprint density at radius 3 is 2.27 bits per heavy atom. The average molecular weight is 666 g/mol. The normalized spacial score (nSPS) is 12.6. The van der Waals surface area contributed by atoms with Crippen LogP contribution in [0, 0.1) is 10.1 Å². The lowest BCUT2D eigenvalue weighted by molar-refractivity contribution is -0.384. The molecule has 3 aromatic carbocycles. The number of carbonyl (C=O) groups excluding carboxylic acids is 2. The zero-order chi connectivity index (χ0) is 32.6. The number of carbonyl (C=O) groups is 2. The number of rotatable bonds is 14. The molecule has 0 fully saturated rings. The number of methoxy groups -OCH3 is 1. The maximum Gasteiger partial charge on any atom is 0.271 e. The van der Waals surface area contributed by atoms with Gasteiger partial charge < -0.3 is 15.0 Å². The van der Waals surface area contributed by atoms with Gasteiger partial charge in [-0.2, -0.15) is 0 Å². The lowest BCUT2D eigenvalue weighted by atomic mass is 10.0. The predicted octanol–water partition coefficient (Wildman–Crippen LogP) is 5.23. The smallest absolute Gasteiger partial charge is 0.271 e. The van der Waals surface area contributed by atoms with Gasteiger partial charge in [0.1, 0.15) is 24.0 Å². The molecule has 44 heavy (non-hydrogen) atoms. The second kappa shape index (κ2) is 15.2. The van der Waals surface area contributed by atoms with Gasteiger partial charge in [0, 0.05) is 31.1 Å². The van der Waals surface area contributed by atoms with E-state index in [-0.39, 0.29) is 35.5 Å². The summed E-state index contributed by atoms with van der Waals surface area (Å²) in [4.78, 5) is 40.1. The fourth-order valence-electron chi connectivity index (χ4n) is 4.41. The molecule has 2 amide bonds. The van der Waals surface area contributed by atoms with Crippen LogP contribution in [0.15, 0.2) is 66.7 Å². The molecule has 14 heteroatoms. The van der Waals surface area contributed by atoms with Crippen LogP contribution in [-0.2, 0) is 32.6 Å². The Morgan fingerprint density at radius 1 is 1.02 bits per heavy atom. The highest BCUT2D eigenvalue weighted by Crippen LogP contribution is 2.34. The molecule has 3 rings (SSSR count). The van der Waals surface area contributed by atoms with Crippen molar-refractivity contribution in [1.29, 1.82) is 0 Å². The van der Waals surface area contributed by atoms with E-state index in [1.165, 1.54) is 18.1 Å². The van der Waals surface area contributed by atoms with E-state index in [2.05, 4.69) is 5.32 Å². The van der Waals surface area contributed by atoms with Gasteiger partial charge in [-0.3, -0.25) is 24.0 Å². The third-order valence-electron chi connectivity index (χ3n) is 6.93. The van der Waals surface area contributed by atoms with Gasteiger partial charge in [-0.15, -0.1) is 0 Å². The van der Waals surface area contributed by atoms with Crippen LogP contribution in [0.3, 0.4) is 0 Å². The largest absolute Gasteiger partial charge is 0.495 e. The van der Waals surface area contributed by atoms with Crippen molar-refractivity contribution >= 4 is 56.4 Å². The molecule has 0 saturated heterocycles. The summed E-state index contributed by atoms with van der Waals surface area (Å²) in [6.07, 6.45) is 1.63. The number of non-ortho nitro benzene ring substituents is 1. The molecule has 0 heterocycles. The molecule has 3 aromatic rings. The summed E-state index contributed by atoms with van der Waals surface area (Å²) in [5.74, 6) is -1.18. The number of nitro groups is 1. The van der Waals surface area contributed by atoms with Crippen molar-refractivity contribution in [2.24, 2.45) is 0 Å². The van der Waals surface area contributed by atoms with Crippen molar-refractivity contribution in [1.82, 2.24) is 10.2 Å². The van der Waals surface area contributed by atoms with Gasteiger partial charge in [-0.1, -0.05) is 66.5 Å². The number of nitro benzene ring substituents is 1. The summed E-state index contributed by atoms with van der Waals surface area (Å²) < 4.78 is 32.2. The summed E-state index contributed by atoms with van der Waals surface area (Å²) in [5.41, 5.74) is 0.713. The lowest BCUT2D eigenvalue weighted by Gasteiger charge is -2.34. The Bertz CT molecular complexity index is 1610. The molecule has 0 aliphatic carbocycles. The zero-order valence-corrected chi connectivity index (χ0v) is 27.0. The minimum Gasteiger partial charge on any atom is -0.495 e. The molecule has 0 saturated carbocycles. The summed E-state index contributed by atoms with van der Waals surface area (Å²) >= 11 is 12.4. The number of nitrogens with zero attached hydrogens (tertiary/aromatic N) is 3. The van der Waals surface area contributed by atoms with Crippen molar-refractivity contribution < 1.29 is 27.7 Å². The van der Waals surface area contributed by atoms with Crippen LogP contribution in [0.1, 0.15) is 31.4 Å². The average Bonchev–Trinajstić information content (AvgIpc) is 2.98. The standard InChI is InChI=1S/C30H34Cl2N4O7S/c1-5-20(2)33-30(38)27(16-21-9-7-6-8-10-21)34(18-22-11-13-24(31)25(32)15-22)29(37)19-35(44(4,41)42)26-17-23(36(39)40)12-14-28(26)43-3/h6-15,17,20,27H,5,16,18-19H2,1-4H3,(H,33,38)/t20-,27+/m1/s1. The number of hydrogen-bond donors (Lipinski definition) is 1. The molecule has 0 aliphatic heterocycles. The summed E-state index contributed by atoms with van der Waals surface area (Å²) in [5, 5.41) is 15.0. The Balaban J connectivity index is 2.15. The lowest BCUT2D eigenvalue weighted by Crippen LogP contribution is -2.54. The first-order valence-corrected chi connectivity index (χ1v) is 16.2. The van der Waals surface area contributed by atoms with Crippen molar-refractivity contribution in [3.05, 3.63) is 98.0 Å². The number of ether oxygens (including phenoxy) is 1. The van der Waals surface area contributed by atoms with Crippen molar-refractivity contribution in [3.63, 3.8) is 0 Å². The van der Waals surface area contributed by atoms with E-state index in [1.54, 1.807) is 18.2 Å². The van der Waals surface area contributed by atoms with Gasteiger partial charge in [-0.25, -0.2) is 8.42 Å². The van der Waals surface area contributed by atoms with E-state index < -0.39 is 45.0 Å². The second-order valence-electron chi connectivity index (χ2n) is 10.2. The molecule has 0 bridgehead atoms. The Labute approximate surface area is 266 Å². The Morgan fingerprint density at radius 2 is 1.70 bits per heavy atom.